The molecule has 0 N–H and O–H groups in total. The molecule has 5 heteroatoms. The number of aromatic nitrogens is 3. The van der Waals surface area contributed by atoms with Gasteiger partial charge in [-0.05, 0) is 46.5 Å². The minimum atomic E-state index is -0.670. The summed E-state index contributed by atoms with van der Waals surface area (Å²) in [6.07, 6.45) is 3.77. The van der Waals surface area contributed by atoms with Crippen molar-refractivity contribution in [2.75, 3.05) is 7.11 Å². The van der Waals surface area contributed by atoms with Gasteiger partial charge in [0.25, 0.3) is 5.56 Å². The van der Waals surface area contributed by atoms with E-state index in [1.54, 1.807) is 11.7 Å². The summed E-state index contributed by atoms with van der Waals surface area (Å²) in [6.45, 7) is 2.43. The molecule has 5 aromatic carbocycles. The second-order valence-corrected chi connectivity index (χ2v) is 10.8. The highest BCUT2D eigenvalue weighted by molar-refractivity contribution is 6.09. The van der Waals surface area contributed by atoms with E-state index in [4.69, 9.17) is 9.72 Å². The number of rotatable bonds is 7. The van der Waals surface area contributed by atoms with Crippen LogP contribution >= 0.6 is 0 Å². The fourth-order valence-electron chi connectivity index (χ4n) is 6.46. The van der Waals surface area contributed by atoms with Gasteiger partial charge in [0.05, 0.1) is 31.1 Å². The van der Waals surface area contributed by atoms with Crippen molar-refractivity contribution in [2.24, 2.45) is 0 Å². The Bertz CT molecular complexity index is 2020. The number of benzene rings is 5. The lowest BCUT2D eigenvalue weighted by Crippen LogP contribution is -2.38. The van der Waals surface area contributed by atoms with Crippen molar-refractivity contribution in [3.63, 3.8) is 0 Å². The summed E-state index contributed by atoms with van der Waals surface area (Å²) in [5, 5.41) is 3.35. The topological polar surface area (TPSA) is 49.1 Å². The van der Waals surface area contributed by atoms with Gasteiger partial charge in [-0.25, -0.2) is 4.98 Å². The third-order valence-electron chi connectivity index (χ3n) is 8.53. The maximum Gasteiger partial charge on any atom is 0.259 e. The highest BCUT2D eigenvalue weighted by Gasteiger charge is 2.39. The van der Waals surface area contributed by atoms with Crippen LogP contribution in [0.15, 0.2) is 145 Å². The van der Waals surface area contributed by atoms with Gasteiger partial charge in [0, 0.05) is 17.3 Å². The van der Waals surface area contributed by atoms with Gasteiger partial charge in [-0.3, -0.25) is 4.79 Å². The van der Waals surface area contributed by atoms with Crippen LogP contribution in [0.25, 0.3) is 21.5 Å². The minimum Gasteiger partial charge on any atom is -0.496 e. The van der Waals surface area contributed by atoms with Crippen LogP contribution < -0.4 is 10.3 Å². The van der Waals surface area contributed by atoms with E-state index in [0.29, 0.717) is 17.7 Å². The summed E-state index contributed by atoms with van der Waals surface area (Å²) in [6, 6.07) is 43.5. The lowest BCUT2D eigenvalue weighted by atomic mass is 9.76. The molecule has 0 saturated carbocycles. The second kappa shape index (κ2) is 10.8. The Morgan fingerprint density at radius 2 is 1.28 bits per heavy atom. The number of ether oxygens (including phenoxy) is 1. The first-order valence-electron chi connectivity index (χ1n) is 14.4. The highest BCUT2D eigenvalue weighted by atomic mass is 16.5. The molecule has 5 nitrogen and oxygen atoms in total. The van der Waals surface area contributed by atoms with Crippen LogP contribution in [-0.4, -0.2) is 21.2 Å². The van der Waals surface area contributed by atoms with Crippen LogP contribution in [0, 0.1) is 6.92 Å². The van der Waals surface area contributed by atoms with Crippen LogP contribution in [0.1, 0.15) is 28.1 Å². The molecule has 0 aliphatic heterocycles. The average Bonchev–Trinajstić information content (AvgIpc) is 3.43. The molecule has 2 aromatic heterocycles. The molecule has 0 aliphatic carbocycles. The van der Waals surface area contributed by atoms with Crippen LogP contribution in [0.3, 0.4) is 0 Å². The normalized spacial score (nSPS) is 11.7. The third-order valence-corrected chi connectivity index (χ3v) is 8.53. The molecule has 0 spiro atoms. The number of nitrogens with zero attached hydrogens (tertiary/aromatic N) is 3. The summed E-state index contributed by atoms with van der Waals surface area (Å²) in [4.78, 5) is 19.0. The SMILES string of the molecule is COc1cc2ccccc2c2c(=O)n(Cc3ncn(C(c4ccccc4)(c4ccccc4)c4ccccc4)c3C)ccc12. The molecule has 0 radical (unpaired) electrons. The smallest absolute Gasteiger partial charge is 0.259 e. The quantitative estimate of drug-likeness (QED) is 0.149. The molecule has 210 valence electrons. The van der Waals surface area contributed by atoms with E-state index >= 15 is 0 Å². The standard InChI is InChI=1S/C38H31N3O2/c1-27-34(25-40-23-22-33-35(43-2)24-28-14-12-13-21-32(28)36(33)37(40)42)39-26-41(27)38(29-15-6-3-7-16-29,30-17-8-4-9-18-30)31-19-10-5-11-20-31/h3-24,26H,25H2,1-2H3. The van der Waals surface area contributed by atoms with E-state index in [1.165, 1.54) is 0 Å². The number of fused-ring (bicyclic) bond motifs is 3. The number of methoxy groups -OCH3 is 1. The number of hydrogen-bond donors (Lipinski definition) is 0. The van der Waals surface area contributed by atoms with Gasteiger partial charge in [-0.2, -0.15) is 0 Å². The van der Waals surface area contributed by atoms with Gasteiger partial charge in [0.15, 0.2) is 0 Å². The zero-order valence-electron chi connectivity index (χ0n) is 24.1. The van der Waals surface area contributed by atoms with E-state index < -0.39 is 5.54 Å². The zero-order valence-corrected chi connectivity index (χ0v) is 24.1. The Morgan fingerprint density at radius 1 is 0.721 bits per heavy atom. The summed E-state index contributed by atoms with van der Waals surface area (Å²) in [5.74, 6) is 0.691. The first-order valence-corrected chi connectivity index (χ1v) is 14.4. The third kappa shape index (κ3) is 4.24. The minimum absolute atomic E-state index is 0.0676. The fraction of sp³-hybridized carbons (Fsp3) is 0.105. The van der Waals surface area contributed by atoms with Gasteiger partial charge in [0.2, 0.25) is 0 Å². The fourth-order valence-corrected chi connectivity index (χ4v) is 6.46. The summed E-state index contributed by atoms with van der Waals surface area (Å²) in [5.41, 5.74) is 4.46. The molecule has 7 rings (SSSR count). The largest absolute Gasteiger partial charge is 0.496 e. The Morgan fingerprint density at radius 3 is 1.86 bits per heavy atom. The summed E-state index contributed by atoms with van der Waals surface area (Å²) >= 11 is 0. The molecule has 2 heterocycles. The van der Waals surface area contributed by atoms with Crippen molar-refractivity contribution in [1.29, 1.82) is 0 Å². The molecule has 0 bridgehead atoms. The van der Waals surface area contributed by atoms with E-state index in [-0.39, 0.29) is 5.56 Å². The van der Waals surface area contributed by atoms with Crippen molar-refractivity contribution in [2.45, 2.75) is 19.0 Å². The van der Waals surface area contributed by atoms with E-state index in [2.05, 4.69) is 84.3 Å². The first-order chi connectivity index (χ1) is 21.1. The highest BCUT2D eigenvalue weighted by Crippen LogP contribution is 2.42. The molecule has 0 atom stereocenters. The maximum atomic E-state index is 14.1. The summed E-state index contributed by atoms with van der Waals surface area (Å²) < 4.78 is 9.68. The van der Waals surface area contributed by atoms with Gasteiger partial charge in [0.1, 0.15) is 11.3 Å². The van der Waals surface area contributed by atoms with Gasteiger partial charge in [-0.15, -0.1) is 0 Å². The predicted molar refractivity (Wildman–Crippen MR) is 173 cm³/mol. The van der Waals surface area contributed by atoms with Crippen molar-refractivity contribution in [3.05, 3.63) is 178 Å². The molecule has 0 amide bonds. The van der Waals surface area contributed by atoms with Crippen LogP contribution in [0.4, 0.5) is 0 Å². The van der Waals surface area contributed by atoms with Gasteiger partial charge >= 0.3 is 0 Å². The van der Waals surface area contributed by atoms with Crippen molar-refractivity contribution >= 4 is 21.5 Å². The van der Waals surface area contributed by atoms with E-state index in [1.807, 2.05) is 67.1 Å². The van der Waals surface area contributed by atoms with Crippen LogP contribution in [0.2, 0.25) is 0 Å². The lowest BCUT2D eigenvalue weighted by Gasteiger charge is -2.38. The Labute approximate surface area is 250 Å². The Balaban J connectivity index is 1.43. The second-order valence-electron chi connectivity index (χ2n) is 10.8. The molecule has 0 saturated heterocycles. The van der Waals surface area contributed by atoms with E-state index in [0.717, 1.165) is 44.2 Å². The molecule has 43 heavy (non-hydrogen) atoms. The molecule has 7 aromatic rings. The zero-order chi connectivity index (χ0) is 29.4. The molecular weight excluding hydrogens is 530 g/mol. The van der Waals surface area contributed by atoms with Gasteiger partial charge in [-0.1, -0.05) is 115 Å². The molecule has 0 fully saturated rings. The van der Waals surface area contributed by atoms with Gasteiger partial charge < -0.3 is 13.9 Å². The maximum absolute atomic E-state index is 14.1. The predicted octanol–water partition coefficient (Wildman–Crippen LogP) is 7.56. The average molecular weight is 562 g/mol. The van der Waals surface area contributed by atoms with Crippen LogP contribution in [0.5, 0.6) is 5.75 Å². The van der Waals surface area contributed by atoms with Crippen molar-refractivity contribution < 1.29 is 4.74 Å². The summed E-state index contributed by atoms with van der Waals surface area (Å²) in [7, 11) is 1.64. The molecule has 0 aliphatic rings. The van der Waals surface area contributed by atoms with Crippen molar-refractivity contribution in [1.82, 2.24) is 14.1 Å². The number of pyridine rings is 1. The number of imidazole rings is 1. The van der Waals surface area contributed by atoms with Crippen molar-refractivity contribution in [3.8, 4) is 5.75 Å². The van der Waals surface area contributed by atoms with E-state index in [9.17, 15) is 4.79 Å². The molecular formula is C38H31N3O2. The Hall–Kier alpha value is -5.42. The molecule has 0 unspecified atom stereocenters. The Kier molecular flexibility index (Phi) is 6.63. The number of hydrogen-bond acceptors (Lipinski definition) is 3. The lowest BCUT2D eigenvalue weighted by molar-refractivity contribution is 0.420. The van der Waals surface area contributed by atoms with Crippen LogP contribution in [-0.2, 0) is 12.1 Å². The monoisotopic (exact) mass is 561 g/mol. The first kappa shape index (κ1) is 26.5.